The van der Waals surface area contributed by atoms with Crippen LogP contribution in [0.2, 0.25) is 0 Å². The smallest absolute Gasteiger partial charge is 0.0635 e. The van der Waals surface area contributed by atoms with Gasteiger partial charge < -0.3 is 5.11 Å². The fourth-order valence-electron chi connectivity index (χ4n) is 2.25. The van der Waals surface area contributed by atoms with Crippen LogP contribution >= 0.6 is 0 Å². The number of aliphatic hydroxyl groups is 1. The molecule has 0 aliphatic heterocycles. The molecule has 1 N–H and O–H groups in total. The van der Waals surface area contributed by atoms with E-state index in [0.717, 1.165) is 13.1 Å². The molecule has 0 spiro atoms. The highest BCUT2D eigenvalue weighted by molar-refractivity contribution is 4.79. The van der Waals surface area contributed by atoms with E-state index >= 15 is 0 Å². The summed E-state index contributed by atoms with van der Waals surface area (Å²) in [7, 11) is 0. The molecule has 3 nitrogen and oxygen atoms in total. The lowest BCUT2D eigenvalue weighted by atomic mass is 9.94. The molecule has 0 saturated heterocycles. The van der Waals surface area contributed by atoms with Gasteiger partial charge in [-0.15, -0.1) is 0 Å². The van der Waals surface area contributed by atoms with Gasteiger partial charge in [0.25, 0.3) is 0 Å². The van der Waals surface area contributed by atoms with E-state index in [0.29, 0.717) is 12.5 Å². The summed E-state index contributed by atoms with van der Waals surface area (Å²) in [4.78, 5) is 2.28. The van der Waals surface area contributed by atoms with Crippen molar-refractivity contribution in [3.05, 3.63) is 0 Å². The van der Waals surface area contributed by atoms with Crippen LogP contribution in [-0.2, 0) is 0 Å². The zero-order chi connectivity index (χ0) is 10.2. The lowest BCUT2D eigenvalue weighted by Gasteiger charge is -2.33. The van der Waals surface area contributed by atoms with Gasteiger partial charge in [0.2, 0.25) is 0 Å². The van der Waals surface area contributed by atoms with Gasteiger partial charge in [0.15, 0.2) is 0 Å². The summed E-state index contributed by atoms with van der Waals surface area (Å²) in [5.74, 6) is 0. The van der Waals surface area contributed by atoms with Crippen LogP contribution in [-0.4, -0.2) is 35.7 Å². The van der Waals surface area contributed by atoms with Crippen molar-refractivity contribution in [1.82, 2.24) is 4.90 Å². The second kappa shape index (κ2) is 6.80. The fraction of sp³-hybridized carbons (Fsp3) is 0.909. The third-order valence-corrected chi connectivity index (χ3v) is 2.99. The van der Waals surface area contributed by atoms with Gasteiger partial charge in [-0.1, -0.05) is 19.3 Å². The summed E-state index contributed by atoms with van der Waals surface area (Å²) in [5.41, 5.74) is 0. The molecule has 1 fully saturated rings. The molecule has 0 bridgehead atoms. The summed E-state index contributed by atoms with van der Waals surface area (Å²) in [5, 5.41) is 17.5. The quantitative estimate of drug-likeness (QED) is 0.725. The Kier molecular flexibility index (Phi) is 5.58. The van der Waals surface area contributed by atoms with Crippen LogP contribution in [0, 0.1) is 11.3 Å². The molecule has 1 aliphatic rings. The lowest BCUT2D eigenvalue weighted by Crippen LogP contribution is -2.39. The second-order valence-electron chi connectivity index (χ2n) is 3.96. The van der Waals surface area contributed by atoms with Crippen LogP contribution in [0.1, 0.15) is 38.5 Å². The van der Waals surface area contributed by atoms with Gasteiger partial charge in [-0.2, -0.15) is 5.26 Å². The number of hydrogen-bond donors (Lipinski definition) is 1. The van der Waals surface area contributed by atoms with E-state index in [1.807, 2.05) is 0 Å². The van der Waals surface area contributed by atoms with Gasteiger partial charge in [-0.25, -0.2) is 0 Å². The van der Waals surface area contributed by atoms with Gasteiger partial charge in [-0.3, -0.25) is 4.90 Å². The Morgan fingerprint density at radius 1 is 1.21 bits per heavy atom. The van der Waals surface area contributed by atoms with Crippen molar-refractivity contribution < 1.29 is 5.11 Å². The van der Waals surface area contributed by atoms with E-state index in [1.165, 1.54) is 32.1 Å². The Balaban J connectivity index is 2.35. The molecule has 0 aromatic rings. The van der Waals surface area contributed by atoms with Crippen LogP contribution in [0.15, 0.2) is 0 Å². The highest BCUT2D eigenvalue weighted by atomic mass is 16.3. The molecule has 1 saturated carbocycles. The molecule has 80 valence electrons. The fourth-order valence-corrected chi connectivity index (χ4v) is 2.25. The van der Waals surface area contributed by atoms with Gasteiger partial charge >= 0.3 is 0 Å². The number of hydrogen-bond acceptors (Lipinski definition) is 3. The van der Waals surface area contributed by atoms with Gasteiger partial charge in [0.05, 0.1) is 12.7 Å². The highest BCUT2D eigenvalue weighted by Gasteiger charge is 2.19. The first-order valence-electron chi connectivity index (χ1n) is 5.60. The molecular formula is C11H20N2O. The molecule has 14 heavy (non-hydrogen) atoms. The van der Waals surface area contributed by atoms with E-state index in [4.69, 9.17) is 10.4 Å². The molecule has 0 aromatic heterocycles. The van der Waals surface area contributed by atoms with Crippen molar-refractivity contribution >= 4 is 0 Å². The number of nitriles is 1. The summed E-state index contributed by atoms with van der Waals surface area (Å²) in [6, 6.07) is 2.79. The third kappa shape index (κ3) is 3.65. The largest absolute Gasteiger partial charge is 0.395 e. The van der Waals surface area contributed by atoms with Crippen LogP contribution in [0.4, 0.5) is 0 Å². The number of aliphatic hydroxyl groups excluding tert-OH is 1. The first kappa shape index (κ1) is 11.5. The van der Waals surface area contributed by atoms with Crippen molar-refractivity contribution in [3.63, 3.8) is 0 Å². The maximum absolute atomic E-state index is 8.94. The van der Waals surface area contributed by atoms with Crippen molar-refractivity contribution in [2.45, 2.75) is 44.6 Å². The minimum absolute atomic E-state index is 0.210. The van der Waals surface area contributed by atoms with Crippen LogP contribution in [0.3, 0.4) is 0 Å². The minimum atomic E-state index is 0.210. The molecule has 1 aliphatic carbocycles. The maximum atomic E-state index is 8.94. The molecule has 0 aromatic carbocycles. The first-order valence-corrected chi connectivity index (χ1v) is 5.60. The molecular weight excluding hydrogens is 176 g/mol. The van der Waals surface area contributed by atoms with Crippen molar-refractivity contribution in [2.24, 2.45) is 0 Å². The molecule has 0 radical (unpaired) electrons. The van der Waals surface area contributed by atoms with Gasteiger partial charge in [0, 0.05) is 25.6 Å². The van der Waals surface area contributed by atoms with Crippen molar-refractivity contribution in [3.8, 4) is 6.07 Å². The molecule has 0 unspecified atom stereocenters. The van der Waals surface area contributed by atoms with Crippen molar-refractivity contribution in [2.75, 3.05) is 19.7 Å². The van der Waals surface area contributed by atoms with Gasteiger partial charge in [-0.05, 0) is 12.8 Å². The predicted octanol–water partition coefficient (Wildman–Crippen LogP) is 1.53. The molecule has 0 atom stereocenters. The SMILES string of the molecule is N#CCCN(CCO)C1CCCCC1. The van der Waals surface area contributed by atoms with Crippen LogP contribution in [0.5, 0.6) is 0 Å². The van der Waals surface area contributed by atoms with E-state index in [1.54, 1.807) is 0 Å². The second-order valence-corrected chi connectivity index (χ2v) is 3.96. The Labute approximate surface area is 86.3 Å². The van der Waals surface area contributed by atoms with Crippen molar-refractivity contribution in [1.29, 1.82) is 5.26 Å². The molecule has 0 heterocycles. The zero-order valence-corrected chi connectivity index (χ0v) is 8.78. The Morgan fingerprint density at radius 2 is 1.93 bits per heavy atom. The Bertz CT molecular complexity index is 182. The average Bonchev–Trinajstić information content (AvgIpc) is 2.25. The zero-order valence-electron chi connectivity index (χ0n) is 8.78. The topological polar surface area (TPSA) is 47.3 Å². The van der Waals surface area contributed by atoms with E-state index in [9.17, 15) is 0 Å². The minimum Gasteiger partial charge on any atom is -0.395 e. The Morgan fingerprint density at radius 3 is 2.50 bits per heavy atom. The molecule has 3 heteroatoms. The lowest BCUT2D eigenvalue weighted by molar-refractivity contribution is 0.126. The summed E-state index contributed by atoms with van der Waals surface area (Å²) >= 11 is 0. The van der Waals surface area contributed by atoms with E-state index in [-0.39, 0.29) is 6.61 Å². The predicted molar refractivity (Wildman–Crippen MR) is 55.8 cm³/mol. The molecule has 0 amide bonds. The Hall–Kier alpha value is -0.590. The number of rotatable bonds is 5. The average molecular weight is 196 g/mol. The summed E-state index contributed by atoms with van der Waals surface area (Å²) < 4.78 is 0. The third-order valence-electron chi connectivity index (χ3n) is 2.99. The number of nitrogens with zero attached hydrogens (tertiary/aromatic N) is 2. The highest BCUT2D eigenvalue weighted by Crippen LogP contribution is 2.22. The summed E-state index contributed by atoms with van der Waals surface area (Å²) in [6.45, 7) is 1.76. The monoisotopic (exact) mass is 196 g/mol. The van der Waals surface area contributed by atoms with E-state index in [2.05, 4.69) is 11.0 Å². The normalized spacial score (nSPS) is 18.4. The standard InChI is InChI=1S/C11H20N2O/c12-7-4-8-13(9-10-14)11-5-2-1-3-6-11/h11,14H,1-6,8-10H2. The van der Waals surface area contributed by atoms with Gasteiger partial charge in [0.1, 0.15) is 0 Å². The first-order chi connectivity index (χ1) is 6.88. The summed E-state index contributed by atoms with van der Waals surface area (Å²) in [6.07, 6.45) is 7.02. The van der Waals surface area contributed by atoms with Crippen LogP contribution in [0.25, 0.3) is 0 Å². The van der Waals surface area contributed by atoms with Crippen LogP contribution < -0.4 is 0 Å². The maximum Gasteiger partial charge on any atom is 0.0635 e. The molecule has 1 rings (SSSR count). The van der Waals surface area contributed by atoms with E-state index < -0.39 is 0 Å².